The molecule has 1 aliphatic rings. The number of esters is 1. The van der Waals surface area contributed by atoms with Crippen LogP contribution in [0.5, 0.6) is 0 Å². The van der Waals surface area contributed by atoms with E-state index in [1.807, 2.05) is 52.5 Å². The highest BCUT2D eigenvalue weighted by Crippen LogP contribution is 2.47. The van der Waals surface area contributed by atoms with Gasteiger partial charge in [-0.2, -0.15) is 0 Å². The summed E-state index contributed by atoms with van der Waals surface area (Å²) < 4.78 is 27.2. The van der Waals surface area contributed by atoms with Gasteiger partial charge in [0, 0.05) is 34.2 Å². The maximum Gasteiger partial charge on any atom is 0.336 e. The molecule has 2 N–H and O–H groups in total. The Morgan fingerprint density at radius 1 is 1.20 bits per heavy atom. The molecule has 0 saturated carbocycles. The van der Waals surface area contributed by atoms with Gasteiger partial charge in [-0.15, -0.1) is 0 Å². The zero-order valence-electron chi connectivity index (χ0n) is 24.7. The lowest BCUT2D eigenvalue weighted by Gasteiger charge is -2.45. The molecule has 5 atom stereocenters. The average Bonchev–Trinajstić information content (AvgIpc) is 2.85. The summed E-state index contributed by atoms with van der Waals surface area (Å²) in [6, 6.07) is 6.59. The van der Waals surface area contributed by atoms with Gasteiger partial charge in [0.25, 0.3) is 0 Å². The number of rotatable bonds is 11. The first-order chi connectivity index (χ1) is 18.4. The summed E-state index contributed by atoms with van der Waals surface area (Å²) in [4.78, 5) is 40.6. The molecule has 1 aromatic rings. The summed E-state index contributed by atoms with van der Waals surface area (Å²) in [6.45, 7) is 15.0. The van der Waals surface area contributed by atoms with Gasteiger partial charge in [-0.25, -0.2) is 9.59 Å². The van der Waals surface area contributed by atoms with E-state index in [9.17, 15) is 18.9 Å². The number of hydrogen-bond acceptors (Lipinski definition) is 7. The first-order valence-electron chi connectivity index (χ1n) is 13.3. The van der Waals surface area contributed by atoms with Crippen LogP contribution < -0.4 is 10.6 Å². The molecular weight excluding hydrogens is 576 g/mol. The smallest absolute Gasteiger partial charge is 0.336 e. The minimum Gasteiger partial charge on any atom is -0.456 e. The van der Waals surface area contributed by atoms with Gasteiger partial charge in [0.2, 0.25) is 5.91 Å². The van der Waals surface area contributed by atoms with Crippen LogP contribution in [0.4, 0.5) is 4.79 Å². The number of hydrogen-bond donors (Lipinski definition) is 2. The number of piperidine rings is 1. The Balaban J connectivity index is 1.96. The van der Waals surface area contributed by atoms with E-state index in [-0.39, 0.29) is 29.7 Å². The van der Waals surface area contributed by atoms with Gasteiger partial charge < -0.3 is 20.3 Å². The van der Waals surface area contributed by atoms with E-state index < -0.39 is 37.3 Å². The van der Waals surface area contributed by atoms with Gasteiger partial charge in [0.15, 0.2) is 6.10 Å². The van der Waals surface area contributed by atoms with E-state index in [1.165, 1.54) is 19.2 Å². The molecular formula is C27H44ClN3O7P2. The Morgan fingerprint density at radius 2 is 1.80 bits per heavy atom. The molecule has 0 bridgehead atoms. The Kier molecular flexibility index (Phi) is 12.1. The Morgan fingerprint density at radius 3 is 2.33 bits per heavy atom. The van der Waals surface area contributed by atoms with Gasteiger partial charge in [0.1, 0.15) is 11.6 Å². The standard InChI is InChI=1S/C27H44ClN3O7P2/c1-17(2)22(23(32)31-14-13-21(26(4,5)16-31)19-9-11-20(28)12-10-19)30-25(34)29-15-27(6,7)36-24(33)18(3)37-40(8,35)38-39/h9-12,17-18,21-22H,13-16,39H2,1-8H3,(H2,29,30,34)/t18?,21?,22-,40?/m1/s1. The summed E-state index contributed by atoms with van der Waals surface area (Å²) >= 11 is 6.07. The van der Waals surface area contributed by atoms with E-state index in [1.54, 1.807) is 13.8 Å². The predicted molar refractivity (Wildman–Crippen MR) is 159 cm³/mol. The fourth-order valence-electron chi connectivity index (χ4n) is 4.80. The molecule has 0 spiro atoms. The van der Waals surface area contributed by atoms with Crippen molar-refractivity contribution in [2.45, 2.75) is 78.6 Å². The van der Waals surface area contributed by atoms with E-state index in [0.717, 1.165) is 6.42 Å². The van der Waals surface area contributed by atoms with Crippen LogP contribution in [0.1, 0.15) is 66.4 Å². The van der Waals surface area contributed by atoms with Crippen LogP contribution in [0.15, 0.2) is 24.3 Å². The topological polar surface area (TPSA) is 123 Å². The Bertz CT molecular complexity index is 1100. The van der Waals surface area contributed by atoms with Crippen molar-refractivity contribution < 1.29 is 32.5 Å². The largest absolute Gasteiger partial charge is 0.456 e. The second kappa shape index (κ2) is 14.0. The maximum atomic E-state index is 13.6. The molecule has 1 saturated heterocycles. The van der Waals surface area contributed by atoms with Gasteiger partial charge in [-0.05, 0) is 62.1 Å². The molecule has 0 aliphatic carbocycles. The zero-order valence-corrected chi connectivity index (χ0v) is 27.5. The minimum absolute atomic E-state index is 0.0280. The average molecular weight is 620 g/mol. The molecule has 3 amide bonds. The van der Waals surface area contributed by atoms with Crippen LogP contribution in [0, 0.1) is 11.3 Å². The maximum absolute atomic E-state index is 13.6. The van der Waals surface area contributed by atoms with Crippen molar-refractivity contribution in [2.75, 3.05) is 26.3 Å². The van der Waals surface area contributed by atoms with Crippen LogP contribution in [0.3, 0.4) is 0 Å². The molecule has 0 radical (unpaired) electrons. The summed E-state index contributed by atoms with van der Waals surface area (Å²) in [5, 5.41) is 6.18. The summed E-state index contributed by atoms with van der Waals surface area (Å²) in [7, 11) is -1.57. The molecule has 1 aliphatic heterocycles. The van der Waals surface area contributed by atoms with Crippen LogP contribution in [-0.2, 0) is 27.7 Å². The number of halogens is 1. The third-order valence-corrected chi connectivity index (χ3v) is 9.44. The zero-order chi connectivity index (χ0) is 30.5. The first kappa shape index (κ1) is 34.5. The van der Waals surface area contributed by atoms with E-state index in [2.05, 4.69) is 28.8 Å². The van der Waals surface area contributed by atoms with Crippen molar-refractivity contribution in [3.63, 3.8) is 0 Å². The highest BCUT2D eigenvalue weighted by molar-refractivity contribution is 7.57. The van der Waals surface area contributed by atoms with E-state index in [4.69, 9.17) is 20.9 Å². The second-order valence-corrected chi connectivity index (χ2v) is 15.0. The number of ether oxygens (including phenoxy) is 1. The number of likely N-dealkylation sites (tertiary alicyclic amines) is 1. The van der Waals surface area contributed by atoms with Crippen LogP contribution in [0.2, 0.25) is 5.02 Å². The number of nitrogens with one attached hydrogen (secondary N) is 2. The molecule has 2 rings (SSSR count). The summed E-state index contributed by atoms with van der Waals surface area (Å²) in [6.07, 6.45) is -0.337. The van der Waals surface area contributed by atoms with Crippen molar-refractivity contribution in [3.8, 4) is 0 Å². The van der Waals surface area contributed by atoms with Crippen molar-refractivity contribution in [1.29, 1.82) is 0 Å². The van der Waals surface area contributed by atoms with Crippen molar-refractivity contribution in [3.05, 3.63) is 34.9 Å². The van der Waals surface area contributed by atoms with E-state index >= 15 is 0 Å². The Labute approximate surface area is 245 Å². The number of benzene rings is 1. The molecule has 4 unspecified atom stereocenters. The molecule has 0 aromatic heterocycles. The van der Waals surface area contributed by atoms with Gasteiger partial charge in [-0.3, -0.25) is 18.2 Å². The molecule has 1 fully saturated rings. The summed E-state index contributed by atoms with van der Waals surface area (Å²) in [5.74, 6) is -0.762. The summed E-state index contributed by atoms with van der Waals surface area (Å²) in [5.41, 5.74) is -0.0743. The lowest BCUT2D eigenvalue weighted by Crippen LogP contribution is -2.58. The Hall–Kier alpha value is -1.70. The van der Waals surface area contributed by atoms with Crippen LogP contribution in [0.25, 0.3) is 0 Å². The number of amides is 3. The van der Waals surface area contributed by atoms with E-state index in [0.29, 0.717) is 18.1 Å². The van der Waals surface area contributed by atoms with Crippen LogP contribution in [-0.4, -0.2) is 66.9 Å². The fraction of sp³-hybridized carbons (Fsp3) is 0.667. The van der Waals surface area contributed by atoms with Crippen molar-refractivity contribution in [1.82, 2.24) is 15.5 Å². The fourth-order valence-corrected chi connectivity index (χ4v) is 5.79. The number of carbonyl (C=O) groups is 3. The number of nitrogens with zero attached hydrogens (tertiary/aromatic N) is 1. The predicted octanol–water partition coefficient (Wildman–Crippen LogP) is 5.36. The highest BCUT2D eigenvalue weighted by atomic mass is 35.5. The second-order valence-electron chi connectivity index (χ2n) is 12.0. The lowest BCUT2D eigenvalue weighted by atomic mass is 9.70. The van der Waals surface area contributed by atoms with Gasteiger partial charge in [0.05, 0.1) is 6.54 Å². The molecule has 226 valence electrons. The molecule has 40 heavy (non-hydrogen) atoms. The van der Waals surface area contributed by atoms with Crippen LogP contribution >= 0.6 is 28.7 Å². The van der Waals surface area contributed by atoms with Gasteiger partial charge in [-0.1, -0.05) is 51.4 Å². The first-order valence-corrected chi connectivity index (χ1v) is 16.2. The lowest BCUT2D eigenvalue weighted by molar-refractivity contribution is -0.163. The SMILES string of the molecule is CC(OP(C)(=O)OP)C(=O)OC(C)(C)CNC(=O)N[C@@H](C(=O)N1CCC(c2ccc(Cl)cc2)C(C)(C)C1)C(C)C. The quantitative estimate of drug-likeness (QED) is 0.252. The number of carbonyl (C=O) groups excluding carboxylic acids is 3. The van der Waals surface area contributed by atoms with Crippen molar-refractivity contribution in [2.24, 2.45) is 11.3 Å². The third kappa shape index (κ3) is 9.99. The highest BCUT2D eigenvalue weighted by Gasteiger charge is 2.40. The van der Waals surface area contributed by atoms with Crippen molar-refractivity contribution >= 4 is 46.6 Å². The number of urea groups is 1. The molecule has 10 nitrogen and oxygen atoms in total. The molecule has 1 heterocycles. The monoisotopic (exact) mass is 619 g/mol. The third-order valence-electron chi connectivity index (χ3n) is 6.96. The normalized spacial score (nSPS) is 20.3. The minimum atomic E-state index is -3.41. The molecule has 13 heteroatoms. The van der Waals surface area contributed by atoms with Gasteiger partial charge >= 0.3 is 19.6 Å². The molecule has 1 aromatic carbocycles.